The highest BCUT2D eigenvalue weighted by molar-refractivity contribution is 8.00. The van der Waals surface area contributed by atoms with E-state index in [1.807, 2.05) is 36.5 Å². The van der Waals surface area contributed by atoms with Crippen molar-refractivity contribution in [3.05, 3.63) is 120 Å². The van der Waals surface area contributed by atoms with Crippen LogP contribution in [0.3, 0.4) is 0 Å². The summed E-state index contributed by atoms with van der Waals surface area (Å²) in [6, 6.07) is 28.6. The second-order valence-electron chi connectivity index (χ2n) is 9.58. The van der Waals surface area contributed by atoms with E-state index in [-0.39, 0.29) is 17.4 Å². The van der Waals surface area contributed by atoms with Gasteiger partial charge in [0.25, 0.3) is 11.8 Å². The van der Waals surface area contributed by atoms with Gasteiger partial charge in [-0.15, -0.1) is 11.8 Å². The number of amides is 3. The van der Waals surface area contributed by atoms with Crippen LogP contribution in [-0.2, 0) is 9.59 Å². The molecule has 44 heavy (non-hydrogen) atoms. The van der Waals surface area contributed by atoms with Gasteiger partial charge in [0.1, 0.15) is 17.2 Å². The van der Waals surface area contributed by atoms with Crippen LogP contribution in [0.4, 0.5) is 11.4 Å². The summed E-state index contributed by atoms with van der Waals surface area (Å²) >= 11 is 1.34. The number of hydrogen-bond acceptors (Lipinski definition) is 6. The van der Waals surface area contributed by atoms with Crippen LogP contribution >= 0.6 is 11.8 Å². The zero-order chi connectivity index (χ0) is 30.9. The Morgan fingerprint density at radius 1 is 0.818 bits per heavy atom. The largest absolute Gasteiger partial charge is 0.497 e. The SMILES string of the molecule is COc1ccc(/C=C(/NC(=O)c2ccccc2)C(=O)Nc2cccc(SCC(=O)Nc3ccc4cc[nH]c4c3)c2)c(OC)c1. The predicted molar refractivity (Wildman–Crippen MR) is 174 cm³/mol. The van der Waals surface area contributed by atoms with Crippen molar-refractivity contribution in [3.63, 3.8) is 0 Å². The minimum absolute atomic E-state index is 0.0128. The Balaban J connectivity index is 1.29. The van der Waals surface area contributed by atoms with E-state index in [4.69, 9.17) is 9.47 Å². The number of rotatable bonds is 11. The van der Waals surface area contributed by atoms with Crippen molar-refractivity contribution >= 4 is 57.8 Å². The lowest BCUT2D eigenvalue weighted by Gasteiger charge is -2.13. The Morgan fingerprint density at radius 2 is 1.64 bits per heavy atom. The number of anilines is 2. The Labute approximate surface area is 258 Å². The van der Waals surface area contributed by atoms with Crippen LogP contribution < -0.4 is 25.4 Å². The van der Waals surface area contributed by atoms with Gasteiger partial charge in [0.05, 0.1) is 20.0 Å². The van der Waals surface area contributed by atoms with Crippen LogP contribution in [0.15, 0.2) is 114 Å². The standard InChI is InChI=1S/C34H30N4O5S/c1-42-27-14-12-24(31(20-27)43-2)17-30(38-33(40)23-7-4-3-5-8-23)34(41)37-25-9-6-10-28(18-25)44-21-32(39)36-26-13-11-22-15-16-35-29(22)19-26/h3-20,35H,21H2,1-2H3,(H,36,39)(H,37,41)(H,38,40)/b30-17+. The lowest BCUT2D eigenvalue weighted by Crippen LogP contribution is -2.30. The van der Waals surface area contributed by atoms with Gasteiger partial charge in [-0.05, 0) is 72.1 Å². The summed E-state index contributed by atoms with van der Waals surface area (Å²) < 4.78 is 10.8. The van der Waals surface area contributed by atoms with E-state index in [1.165, 1.54) is 18.9 Å². The third-order valence-corrected chi connectivity index (χ3v) is 7.56. The molecule has 0 spiro atoms. The summed E-state index contributed by atoms with van der Waals surface area (Å²) in [4.78, 5) is 43.1. The topological polar surface area (TPSA) is 122 Å². The maximum absolute atomic E-state index is 13.5. The maximum atomic E-state index is 13.5. The van der Waals surface area contributed by atoms with Crippen LogP contribution in [0.25, 0.3) is 17.0 Å². The molecule has 0 radical (unpaired) electrons. The molecule has 1 aromatic heterocycles. The molecule has 3 amide bonds. The van der Waals surface area contributed by atoms with Crippen LogP contribution in [0.2, 0.25) is 0 Å². The molecule has 222 valence electrons. The maximum Gasteiger partial charge on any atom is 0.272 e. The lowest BCUT2D eigenvalue weighted by molar-refractivity contribution is -0.114. The van der Waals surface area contributed by atoms with E-state index in [0.717, 1.165) is 15.8 Å². The molecule has 0 unspecified atom stereocenters. The van der Waals surface area contributed by atoms with Crippen molar-refractivity contribution in [3.8, 4) is 11.5 Å². The van der Waals surface area contributed by atoms with Crippen LogP contribution in [-0.4, -0.2) is 42.7 Å². The summed E-state index contributed by atoms with van der Waals surface area (Å²) in [6.07, 6.45) is 3.39. The molecule has 5 rings (SSSR count). The average molecular weight is 607 g/mol. The number of thioether (sulfide) groups is 1. The fraction of sp³-hybridized carbons (Fsp3) is 0.0882. The van der Waals surface area contributed by atoms with E-state index in [9.17, 15) is 14.4 Å². The number of aromatic amines is 1. The Hall–Kier alpha value is -5.48. The van der Waals surface area contributed by atoms with Gasteiger partial charge >= 0.3 is 0 Å². The fourth-order valence-corrected chi connectivity index (χ4v) is 5.12. The summed E-state index contributed by atoms with van der Waals surface area (Å²) in [6.45, 7) is 0. The number of H-pyrrole nitrogens is 1. The minimum atomic E-state index is -0.535. The van der Waals surface area contributed by atoms with Gasteiger partial charge < -0.3 is 30.4 Å². The van der Waals surface area contributed by atoms with Crippen LogP contribution in [0.5, 0.6) is 11.5 Å². The highest BCUT2D eigenvalue weighted by Crippen LogP contribution is 2.27. The number of carbonyl (C=O) groups is 3. The second-order valence-corrected chi connectivity index (χ2v) is 10.6. The molecule has 0 atom stereocenters. The molecule has 4 N–H and O–H groups in total. The number of nitrogens with one attached hydrogen (secondary N) is 4. The monoisotopic (exact) mass is 606 g/mol. The molecule has 0 bridgehead atoms. The number of methoxy groups -OCH3 is 2. The zero-order valence-electron chi connectivity index (χ0n) is 24.0. The molecular weight excluding hydrogens is 576 g/mol. The van der Waals surface area contributed by atoms with Crippen LogP contribution in [0.1, 0.15) is 15.9 Å². The molecule has 5 aromatic rings. The molecule has 0 fully saturated rings. The third-order valence-electron chi connectivity index (χ3n) is 6.57. The van der Waals surface area contributed by atoms with Crippen molar-refractivity contribution in [2.75, 3.05) is 30.6 Å². The predicted octanol–water partition coefficient (Wildman–Crippen LogP) is 6.33. The smallest absolute Gasteiger partial charge is 0.272 e. The molecule has 4 aromatic carbocycles. The third kappa shape index (κ3) is 7.67. The van der Waals surface area contributed by atoms with Gasteiger partial charge in [0, 0.05) is 45.2 Å². The summed E-state index contributed by atoms with van der Waals surface area (Å²) in [5.74, 6) is 0.0982. The van der Waals surface area contributed by atoms with E-state index >= 15 is 0 Å². The summed E-state index contributed by atoms with van der Waals surface area (Å²) in [5, 5.41) is 9.57. The fourth-order valence-electron chi connectivity index (χ4n) is 4.37. The van der Waals surface area contributed by atoms with Gasteiger partial charge in [-0.3, -0.25) is 14.4 Å². The van der Waals surface area contributed by atoms with Crippen molar-refractivity contribution in [1.82, 2.24) is 10.3 Å². The first-order valence-corrected chi connectivity index (χ1v) is 14.6. The Bertz CT molecular complexity index is 1830. The first kappa shape index (κ1) is 30.0. The molecule has 9 nitrogen and oxygen atoms in total. The van der Waals surface area contributed by atoms with Gasteiger partial charge in [-0.25, -0.2) is 0 Å². The number of carbonyl (C=O) groups excluding carboxylic acids is 3. The van der Waals surface area contributed by atoms with Crippen molar-refractivity contribution in [2.24, 2.45) is 0 Å². The van der Waals surface area contributed by atoms with Gasteiger partial charge in [-0.2, -0.15) is 0 Å². The van der Waals surface area contributed by atoms with Crippen molar-refractivity contribution in [2.45, 2.75) is 4.90 Å². The number of fused-ring (bicyclic) bond motifs is 1. The molecule has 0 aliphatic heterocycles. The van der Waals surface area contributed by atoms with Crippen molar-refractivity contribution in [1.29, 1.82) is 0 Å². The van der Waals surface area contributed by atoms with Crippen molar-refractivity contribution < 1.29 is 23.9 Å². The van der Waals surface area contributed by atoms with E-state index in [1.54, 1.807) is 79.9 Å². The molecular formula is C34H30N4O5S. The molecule has 0 saturated heterocycles. The Kier molecular flexibility index (Phi) is 9.63. The number of benzene rings is 4. The molecule has 10 heteroatoms. The lowest BCUT2D eigenvalue weighted by atomic mass is 10.1. The number of aromatic nitrogens is 1. The molecule has 0 saturated carbocycles. The minimum Gasteiger partial charge on any atom is -0.497 e. The molecule has 0 aliphatic rings. The quantitative estimate of drug-likeness (QED) is 0.103. The first-order valence-electron chi connectivity index (χ1n) is 13.6. The van der Waals surface area contributed by atoms with Gasteiger partial charge in [0.2, 0.25) is 5.91 Å². The highest BCUT2D eigenvalue weighted by Gasteiger charge is 2.17. The van der Waals surface area contributed by atoms with E-state index in [0.29, 0.717) is 34.0 Å². The number of ether oxygens (including phenoxy) is 2. The zero-order valence-corrected chi connectivity index (χ0v) is 24.9. The highest BCUT2D eigenvalue weighted by atomic mass is 32.2. The molecule has 1 heterocycles. The second kappa shape index (κ2) is 14.1. The summed E-state index contributed by atoms with van der Waals surface area (Å²) in [5.41, 5.74) is 3.13. The van der Waals surface area contributed by atoms with Crippen LogP contribution in [0, 0.1) is 0 Å². The normalized spacial score (nSPS) is 11.1. The number of hydrogen-bond donors (Lipinski definition) is 4. The summed E-state index contributed by atoms with van der Waals surface area (Å²) in [7, 11) is 3.06. The van der Waals surface area contributed by atoms with Gasteiger partial charge in [0.15, 0.2) is 0 Å². The molecule has 0 aliphatic carbocycles. The van der Waals surface area contributed by atoms with E-state index < -0.39 is 11.8 Å². The van der Waals surface area contributed by atoms with Gasteiger partial charge in [-0.1, -0.05) is 30.3 Å². The average Bonchev–Trinajstić information content (AvgIpc) is 3.52. The first-order chi connectivity index (χ1) is 21.4. The Morgan fingerprint density at radius 3 is 2.43 bits per heavy atom. The van der Waals surface area contributed by atoms with E-state index in [2.05, 4.69) is 20.9 Å².